The molecule has 0 spiro atoms. The lowest BCUT2D eigenvalue weighted by Gasteiger charge is -2.51. The zero-order valence-electron chi connectivity index (χ0n) is 55.2. The van der Waals surface area contributed by atoms with E-state index in [1.165, 1.54) is 31.9 Å². The van der Waals surface area contributed by atoms with Crippen LogP contribution in [0.4, 0.5) is 0 Å². The first-order valence-corrected chi connectivity index (χ1v) is 32.8. The van der Waals surface area contributed by atoms with Crippen LogP contribution >= 0.6 is 0 Å². The van der Waals surface area contributed by atoms with Gasteiger partial charge in [-0.3, -0.25) is 24.0 Å². The summed E-state index contributed by atoms with van der Waals surface area (Å²) in [4.78, 5) is 65.0. The Morgan fingerprint density at radius 1 is 0.449 bits per heavy atom. The number of ether oxygens (including phenoxy) is 12. The minimum atomic E-state index is -2.07. The van der Waals surface area contributed by atoms with E-state index < -0.39 is 246 Å². The number of allylic oxidation sites excluding steroid dienone is 2. The van der Waals surface area contributed by atoms with Crippen molar-refractivity contribution in [1.29, 1.82) is 0 Å². The lowest BCUT2D eigenvalue weighted by Crippen LogP contribution is -2.72. The van der Waals surface area contributed by atoms with Crippen molar-refractivity contribution in [2.45, 2.75) is 270 Å². The Labute approximate surface area is 564 Å². The molecule has 6 fully saturated rings. The molecule has 6 heterocycles. The topological polar surface area (TPSA) is 539 Å². The minimum absolute atomic E-state index is 0.0454. The number of carbonyl (C=O) groups is 5. The Morgan fingerprint density at radius 3 is 1.34 bits per heavy atom. The molecule has 0 radical (unpaired) electrons. The van der Waals surface area contributed by atoms with E-state index >= 15 is 0 Å². The summed E-state index contributed by atoms with van der Waals surface area (Å²) < 4.78 is 71.9. The largest absolute Gasteiger partial charge is 0.494 e. The summed E-state index contributed by atoms with van der Waals surface area (Å²) in [6, 6.07) is -2.52. The molecule has 30 atom stereocenters. The van der Waals surface area contributed by atoms with Crippen molar-refractivity contribution in [3.05, 3.63) is 42.0 Å². The molecule has 6 saturated heterocycles. The molecule has 6 aliphatic heterocycles. The monoisotopic (exact) mass is 1410 g/mol. The van der Waals surface area contributed by atoms with E-state index in [1.54, 1.807) is 12.1 Å². The lowest BCUT2D eigenvalue weighted by molar-refractivity contribution is -0.368. The lowest BCUT2D eigenvalue weighted by atomic mass is 9.93. The van der Waals surface area contributed by atoms with Gasteiger partial charge < -0.3 is 155 Å². The number of rotatable bonds is 31. The molecule has 0 aromatic heterocycles. The SMILES string of the molecule is CCCCCC/C=C\CCCOc1cccc(C(=O)N[C@@H]2C(O[C@H]3C(O)C(NC(C)=O)[C@H](OC4C(CO)O[C@@H](O[C@H]5C(O)C(NC(C)=O)[C@H](OC6C(CO[C@@H]7OC(C)C(O)[C@H](O)[C@H]7O)OC(O)[C@@H](NC(C)=O)[C@H]6O)O[C@H]5CO)[C@@H](NC(C)=O)[C@H]4O)O[C@H]3CO)OC(CO)[C@@H](O)[C@@H]2O)c1. The van der Waals surface area contributed by atoms with Crippen LogP contribution in [0.1, 0.15) is 96.8 Å². The highest BCUT2D eigenvalue weighted by atomic mass is 16.8. The second kappa shape index (κ2) is 37.9. The maximum atomic E-state index is 13.9. The third kappa shape index (κ3) is 20.5. The Balaban J connectivity index is 1.07. The summed E-state index contributed by atoms with van der Waals surface area (Å²) in [5.41, 5.74) is 0.0454. The second-order valence-electron chi connectivity index (χ2n) is 25.1. The number of nitrogens with one attached hydrogen (secondary N) is 5. The van der Waals surface area contributed by atoms with Crippen LogP contribution in [0, 0.1) is 0 Å². The van der Waals surface area contributed by atoms with Crippen molar-refractivity contribution in [3.63, 3.8) is 0 Å². The zero-order valence-corrected chi connectivity index (χ0v) is 55.2. The minimum Gasteiger partial charge on any atom is -0.494 e. The predicted octanol–water partition coefficient (Wildman–Crippen LogP) is -7.37. The smallest absolute Gasteiger partial charge is 0.251 e. The fraction of sp³-hybridized carbons (Fsp3) is 0.790. The standard InChI is InChI=1S/C62H99N5O31/c1-7-8-9-10-11-12-13-14-15-19-87-32-18-16-17-31(20-32)56(85)67-39-45(78)44(77)33(21-68)91-58(39)95-52-34(22-69)92-59(40(47(52)80)64-28(4)73)96-53-35(23-70)93-60(41(48(53)81)65-29(5)74)97-54-36(24-71)94-61(42(49(54)82)66-30(6)75)98-55-37(90-57(86)38(46(55)79)63-27(3)72)25-88-62-51(84)50(83)43(76)26(2)89-62/h12-13,16-18,20,26,33-55,57-62,68-71,76-84,86H,7-11,14-15,19,21-25H2,1-6H3,(H,63,72)(H,64,73)(H,65,74)(H,66,75)(H,67,85)/b13-12-/t26?,33?,34-,35?,36-,37?,38-,39-,40?,41-,42?,43?,44+,45+,46+,47?,48+,49?,50-,51+,52+,53?,54+,55?,57?,58?,59-,60-,61-,62+/m0/s1. The molecule has 13 unspecified atom stereocenters. The quantitative estimate of drug-likeness (QED) is 0.0243. The molecule has 1 aromatic carbocycles. The van der Waals surface area contributed by atoms with Gasteiger partial charge in [-0.05, 0) is 50.8 Å². The highest BCUT2D eigenvalue weighted by Gasteiger charge is 2.58. The van der Waals surface area contributed by atoms with Crippen molar-refractivity contribution >= 4 is 29.5 Å². The molecular formula is C62H99N5O31. The van der Waals surface area contributed by atoms with Crippen molar-refractivity contribution in [3.8, 4) is 5.75 Å². The summed E-state index contributed by atoms with van der Waals surface area (Å²) in [5, 5.41) is 168. The number of hydrogen-bond acceptors (Lipinski definition) is 31. The molecule has 0 aliphatic carbocycles. The van der Waals surface area contributed by atoms with Crippen LogP contribution in [0.3, 0.4) is 0 Å². The Morgan fingerprint density at radius 2 is 0.878 bits per heavy atom. The van der Waals surface area contributed by atoms with E-state index in [9.17, 15) is 95.5 Å². The third-order valence-corrected chi connectivity index (χ3v) is 17.6. The van der Waals surface area contributed by atoms with Crippen LogP contribution in [0.5, 0.6) is 5.75 Å². The fourth-order valence-corrected chi connectivity index (χ4v) is 12.4. The second-order valence-corrected chi connectivity index (χ2v) is 25.1. The van der Waals surface area contributed by atoms with Crippen LogP contribution < -0.4 is 31.3 Å². The van der Waals surface area contributed by atoms with Gasteiger partial charge in [-0.15, -0.1) is 0 Å². The van der Waals surface area contributed by atoms with E-state index in [0.717, 1.165) is 53.4 Å². The molecular weight excluding hydrogens is 1310 g/mol. The molecule has 5 amide bonds. The number of hydrogen-bond donors (Lipinski definition) is 19. The van der Waals surface area contributed by atoms with Gasteiger partial charge in [0.05, 0.1) is 45.7 Å². The number of benzene rings is 1. The summed E-state index contributed by atoms with van der Waals surface area (Å²) in [6.07, 6.45) is -33.6. The van der Waals surface area contributed by atoms with Gasteiger partial charge >= 0.3 is 0 Å². The molecule has 558 valence electrons. The highest BCUT2D eigenvalue weighted by molar-refractivity contribution is 5.94. The third-order valence-electron chi connectivity index (χ3n) is 17.6. The molecule has 36 nitrogen and oxygen atoms in total. The summed E-state index contributed by atoms with van der Waals surface area (Å²) in [7, 11) is 0. The Hall–Kier alpha value is -4.89. The maximum Gasteiger partial charge on any atom is 0.251 e. The number of unbranched alkanes of at least 4 members (excludes halogenated alkanes) is 5. The van der Waals surface area contributed by atoms with Gasteiger partial charge in [-0.25, -0.2) is 0 Å². The molecule has 19 N–H and O–H groups in total. The normalized spacial score (nSPS) is 39.9. The molecule has 98 heavy (non-hydrogen) atoms. The number of aliphatic hydroxyl groups is 14. The number of amides is 5. The van der Waals surface area contributed by atoms with Crippen LogP contribution in [0.2, 0.25) is 0 Å². The van der Waals surface area contributed by atoms with Gasteiger partial charge in [0.25, 0.3) is 5.91 Å². The first-order chi connectivity index (χ1) is 46.7. The van der Waals surface area contributed by atoms with Crippen molar-refractivity contribution < 1.29 is 152 Å². The summed E-state index contributed by atoms with van der Waals surface area (Å²) >= 11 is 0. The first kappa shape index (κ1) is 80.4. The van der Waals surface area contributed by atoms with Gasteiger partial charge in [0.15, 0.2) is 37.7 Å². The van der Waals surface area contributed by atoms with E-state index in [4.69, 9.17) is 56.8 Å². The Bertz CT molecular complexity index is 2710. The van der Waals surface area contributed by atoms with Crippen molar-refractivity contribution in [2.75, 3.05) is 39.6 Å². The van der Waals surface area contributed by atoms with Crippen LogP contribution in [0.15, 0.2) is 36.4 Å². The van der Waals surface area contributed by atoms with Gasteiger partial charge in [-0.1, -0.05) is 44.4 Å². The van der Waals surface area contributed by atoms with Crippen molar-refractivity contribution in [2.24, 2.45) is 0 Å². The number of aliphatic hydroxyl groups excluding tert-OH is 14. The summed E-state index contributed by atoms with van der Waals surface area (Å²) in [5.74, 6) is -3.72. The molecule has 1 aromatic rings. The van der Waals surface area contributed by atoms with Gasteiger partial charge in [0.1, 0.15) is 146 Å². The average molecular weight is 1410 g/mol. The van der Waals surface area contributed by atoms with E-state index in [2.05, 4.69) is 45.7 Å². The zero-order chi connectivity index (χ0) is 71.8. The Kier molecular flexibility index (Phi) is 31.1. The van der Waals surface area contributed by atoms with Gasteiger partial charge in [0.2, 0.25) is 23.6 Å². The maximum absolute atomic E-state index is 13.9. The first-order valence-electron chi connectivity index (χ1n) is 32.8. The molecule has 7 rings (SSSR count). The van der Waals surface area contributed by atoms with E-state index in [0.29, 0.717) is 18.8 Å². The van der Waals surface area contributed by atoms with Crippen LogP contribution in [0.25, 0.3) is 0 Å². The van der Waals surface area contributed by atoms with Gasteiger partial charge in [-0.2, -0.15) is 0 Å². The molecule has 6 aliphatic rings. The molecule has 0 bridgehead atoms. The van der Waals surface area contributed by atoms with E-state index in [-0.39, 0.29) is 5.56 Å². The van der Waals surface area contributed by atoms with E-state index in [1.807, 2.05) is 0 Å². The molecule has 36 heteroatoms. The molecule has 0 saturated carbocycles. The van der Waals surface area contributed by atoms with Gasteiger partial charge in [0, 0.05) is 33.3 Å². The average Bonchev–Trinajstić information content (AvgIpc) is 0.772. The number of carbonyl (C=O) groups excluding carboxylic acids is 5. The highest BCUT2D eigenvalue weighted by Crippen LogP contribution is 2.37. The van der Waals surface area contributed by atoms with Crippen molar-refractivity contribution in [1.82, 2.24) is 26.6 Å². The van der Waals surface area contributed by atoms with Crippen LogP contribution in [-0.4, -0.2) is 325 Å². The summed E-state index contributed by atoms with van der Waals surface area (Å²) in [6.45, 7) is 3.29. The van der Waals surface area contributed by atoms with Crippen LogP contribution in [-0.2, 0) is 71.3 Å². The fourth-order valence-electron chi connectivity index (χ4n) is 12.4. The predicted molar refractivity (Wildman–Crippen MR) is 328 cm³/mol.